The van der Waals surface area contributed by atoms with Gasteiger partial charge in [-0.25, -0.2) is 13.4 Å². The smallest absolute Gasteiger partial charge is 0.260 e. The van der Waals surface area contributed by atoms with Crippen LogP contribution in [0.15, 0.2) is 29.0 Å². The number of nitrogens with one attached hydrogen (secondary N) is 1. The van der Waals surface area contributed by atoms with Gasteiger partial charge in [0.1, 0.15) is 0 Å². The Morgan fingerprint density at radius 1 is 1.47 bits per heavy atom. The van der Waals surface area contributed by atoms with Gasteiger partial charge in [0.15, 0.2) is 5.03 Å². The Morgan fingerprint density at radius 2 is 2.35 bits per heavy atom. The maximum Gasteiger partial charge on any atom is 0.260 e. The normalized spacial score (nSPS) is 16.9. The Morgan fingerprint density at radius 3 is 3.12 bits per heavy atom. The van der Waals surface area contributed by atoms with E-state index in [4.69, 9.17) is 0 Å². The van der Waals surface area contributed by atoms with Crippen LogP contribution in [-0.2, 0) is 23.0 Å². The van der Waals surface area contributed by atoms with Gasteiger partial charge in [0, 0.05) is 18.0 Å². The highest BCUT2D eigenvalue weighted by Crippen LogP contribution is 2.27. The molecule has 5 nitrogen and oxygen atoms in total. The summed E-state index contributed by atoms with van der Waals surface area (Å²) in [4.78, 5) is 7.71. The van der Waals surface area contributed by atoms with Crippen molar-refractivity contribution in [3.8, 4) is 0 Å². The highest BCUT2D eigenvalue weighted by molar-refractivity contribution is 7.89. The Labute approximate surface area is 103 Å². The van der Waals surface area contributed by atoms with E-state index in [0.717, 1.165) is 12.0 Å². The van der Waals surface area contributed by atoms with Crippen LogP contribution in [0.1, 0.15) is 10.4 Å². The van der Waals surface area contributed by atoms with Gasteiger partial charge in [0.2, 0.25) is 0 Å². The lowest BCUT2D eigenvalue weighted by Crippen LogP contribution is -2.35. The molecule has 0 amide bonds. The second-order valence-electron chi connectivity index (χ2n) is 3.87. The molecule has 3 heterocycles. The van der Waals surface area contributed by atoms with Crippen LogP contribution >= 0.6 is 11.3 Å². The van der Waals surface area contributed by atoms with E-state index in [2.05, 4.69) is 9.97 Å². The fraction of sp³-hybridized carbons (Fsp3) is 0.300. The third-order valence-electron chi connectivity index (χ3n) is 2.86. The van der Waals surface area contributed by atoms with Gasteiger partial charge in [-0.1, -0.05) is 0 Å². The molecule has 2 aromatic rings. The first-order valence-corrected chi connectivity index (χ1v) is 7.53. The Kier molecular flexibility index (Phi) is 2.53. The first kappa shape index (κ1) is 10.9. The van der Waals surface area contributed by atoms with Crippen molar-refractivity contribution in [2.24, 2.45) is 0 Å². The molecule has 1 aliphatic rings. The predicted octanol–water partition coefficient (Wildman–Crippen LogP) is 1.22. The van der Waals surface area contributed by atoms with Crippen molar-refractivity contribution in [1.29, 1.82) is 0 Å². The fourth-order valence-electron chi connectivity index (χ4n) is 1.95. The summed E-state index contributed by atoms with van der Waals surface area (Å²) in [5.74, 6) is 0. The summed E-state index contributed by atoms with van der Waals surface area (Å²) in [5.41, 5.74) is 1.12. The molecular weight excluding hydrogens is 258 g/mol. The van der Waals surface area contributed by atoms with Crippen LogP contribution in [0.3, 0.4) is 0 Å². The SMILES string of the molecule is O=S(=O)(c1cnc[nH]1)N1CCc2sccc2C1. The van der Waals surface area contributed by atoms with Gasteiger partial charge < -0.3 is 4.98 Å². The molecule has 0 radical (unpaired) electrons. The van der Waals surface area contributed by atoms with Crippen LogP contribution in [0.4, 0.5) is 0 Å². The molecule has 17 heavy (non-hydrogen) atoms. The average Bonchev–Trinajstić information content (AvgIpc) is 2.99. The molecule has 90 valence electrons. The van der Waals surface area contributed by atoms with E-state index >= 15 is 0 Å². The molecule has 1 N–H and O–H groups in total. The predicted molar refractivity (Wildman–Crippen MR) is 64.2 cm³/mol. The molecule has 0 spiro atoms. The lowest BCUT2D eigenvalue weighted by Gasteiger charge is -2.25. The van der Waals surface area contributed by atoms with Crippen LogP contribution in [0, 0.1) is 0 Å². The molecule has 0 saturated carbocycles. The quantitative estimate of drug-likeness (QED) is 0.891. The average molecular weight is 269 g/mol. The molecule has 0 unspecified atom stereocenters. The minimum atomic E-state index is -3.42. The minimum absolute atomic E-state index is 0.163. The molecule has 0 aliphatic carbocycles. The standard InChI is InChI=1S/C10H11N3O2S2/c14-17(15,10-5-11-7-12-10)13-3-1-9-8(6-13)2-4-16-9/h2,4-5,7H,1,3,6H2,(H,11,12). The largest absolute Gasteiger partial charge is 0.335 e. The Hall–Kier alpha value is -1.18. The van der Waals surface area contributed by atoms with Crippen molar-refractivity contribution in [3.63, 3.8) is 0 Å². The van der Waals surface area contributed by atoms with Crippen molar-refractivity contribution >= 4 is 21.4 Å². The minimum Gasteiger partial charge on any atom is -0.335 e. The number of H-pyrrole nitrogens is 1. The van der Waals surface area contributed by atoms with Crippen LogP contribution in [0.2, 0.25) is 0 Å². The van der Waals surface area contributed by atoms with Crippen LogP contribution in [0.25, 0.3) is 0 Å². The molecule has 7 heteroatoms. The fourth-order valence-corrected chi connectivity index (χ4v) is 4.16. The zero-order chi connectivity index (χ0) is 11.9. The number of thiophene rings is 1. The number of sulfonamides is 1. The lowest BCUT2D eigenvalue weighted by molar-refractivity contribution is 0.392. The summed E-state index contributed by atoms with van der Waals surface area (Å²) in [6.45, 7) is 0.995. The van der Waals surface area contributed by atoms with Gasteiger partial charge in [-0.15, -0.1) is 11.3 Å². The summed E-state index contributed by atoms with van der Waals surface area (Å²) in [6, 6.07) is 1.99. The van der Waals surface area contributed by atoms with E-state index in [0.29, 0.717) is 13.1 Å². The molecule has 0 aromatic carbocycles. The Bertz CT molecular complexity index is 616. The zero-order valence-electron chi connectivity index (χ0n) is 8.96. The Balaban J connectivity index is 1.93. The number of rotatable bonds is 2. The molecule has 2 aromatic heterocycles. The molecule has 1 aliphatic heterocycles. The van der Waals surface area contributed by atoms with Crippen molar-refractivity contribution in [2.45, 2.75) is 18.0 Å². The van der Waals surface area contributed by atoms with Crippen molar-refractivity contribution in [2.75, 3.05) is 6.54 Å². The van der Waals surface area contributed by atoms with E-state index < -0.39 is 10.0 Å². The van der Waals surface area contributed by atoms with E-state index in [1.807, 2.05) is 11.4 Å². The van der Waals surface area contributed by atoms with Crippen molar-refractivity contribution in [1.82, 2.24) is 14.3 Å². The van der Waals surface area contributed by atoms with Gasteiger partial charge >= 0.3 is 0 Å². The topological polar surface area (TPSA) is 66.1 Å². The third kappa shape index (κ3) is 1.80. The van der Waals surface area contributed by atoms with E-state index in [-0.39, 0.29) is 5.03 Å². The number of aromatic amines is 1. The number of nitrogens with zero attached hydrogens (tertiary/aromatic N) is 2. The molecule has 3 rings (SSSR count). The lowest BCUT2D eigenvalue weighted by atomic mass is 10.1. The molecule has 0 atom stereocenters. The maximum absolute atomic E-state index is 12.2. The van der Waals surface area contributed by atoms with Crippen LogP contribution < -0.4 is 0 Å². The van der Waals surface area contributed by atoms with Gasteiger partial charge in [0.25, 0.3) is 10.0 Å². The van der Waals surface area contributed by atoms with Crippen LogP contribution in [0.5, 0.6) is 0 Å². The van der Waals surface area contributed by atoms with Gasteiger partial charge in [-0.3, -0.25) is 0 Å². The molecular formula is C10H11N3O2S2. The first-order chi connectivity index (χ1) is 8.18. The summed E-state index contributed by atoms with van der Waals surface area (Å²) in [7, 11) is -3.42. The summed E-state index contributed by atoms with van der Waals surface area (Å²) >= 11 is 1.69. The number of fused-ring (bicyclic) bond motifs is 1. The second-order valence-corrected chi connectivity index (χ2v) is 6.78. The third-order valence-corrected chi connectivity index (χ3v) is 5.66. The maximum atomic E-state index is 12.2. The highest BCUT2D eigenvalue weighted by atomic mass is 32.2. The molecule has 0 bridgehead atoms. The van der Waals surface area contributed by atoms with Crippen molar-refractivity contribution in [3.05, 3.63) is 34.4 Å². The molecule has 0 fully saturated rings. The summed E-state index contributed by atoms with van der Waals surface area (Å²) in [5, 5.41) is 2.17. The second kappa shape index (κ2) is 3.94. The van der Waals surface area contributed by atoms with Crippen LogP contribution in [-0.4, -0.2) is 29.2 Å². The van der Waals surface area contributed by atoms with Gasteiger partial charge in [-0.05, 0) is 23.4 Å². The van der Waals surface area contributed by atoms with Gasteiger partial charge in [0.05, 0.1) is 12.5 Å². The monoisotopic (exact) mass is 269 g/mol. The van der Waals surface area contributed by atoms with E-state index in [1.165, 1.54) is 21.7 Å². The highest BCUT2D eigenvalue weighted by Gasteiger charge is 2.29. The number of imidazole rings is 1. The van der Waals surface area contributed by atoms with E-state index in [1.54, 1.807) is 11.3 Å². The summed E-state index contributed by atoms with van der Waals surface area (Å²) in [6.07, 6.45) is 3.52. The number of hydrogen-bond donors (Lipinski definition) is 1. The van der Waals surface area contributed by atoms with Crippen molar-refractivity contribution < 1.29 is 8.42 Å². The van der Waals surface area contributed by atoms with Gasteiger partial charge in [-0.2, -0.15) is 4.31 Å². The zero-order valence-corrected chi connectivity index (χ0v) is 10.6. The van der Waals surface area contributed by atoms with E-state index in [9.17, 15) is 8.42 Å². The summed E-state index contributed by atoms with van der Waals surface area (Å²) < 4.78 is 26.0. The first-order valence-electron chi connectivity index (χ1n) is 5.22. The molecule has 0 saturated heterocycles. The number of hydrogen-bond acceptors (Lipinski definition) is 4. The number of aromatic nitrogens is 2.